The Kier molecular flexibility index (Phi) is 9.46. The smallest absolute Gasteiger partial charge is 0.334 e. The number of nitrogens with zero attached hydrogens (tertiary/aromatic N) is 2. The molecule has 0 N–H and O–H groups in total. The Balaban J connectivity index is 2.09. The second-order valence-corrected chi connectivity index (χ2v) is 8.56. The lowest BCUT2D eigenvalue weighted by Gasteiger charge is -2.28. The number of ether oxygens (including phenoxy) is 2. The van der Waals surface area contributed by atoms with Gasteiger partial charge in [-0.1, -0.05) is 54.6 Å². The lowest BCUT2D eigenvalue weighted by molar-refractivity contribution is -0.138. The average Bonchev–Trinajstić information content (AvgIpc) is 2.86. The van der Waals surface area contributed by atoms with Crippen LogP contribution in [0.2, 0.25) is 10.2 Å². The fourth-order valence-electron chi connectivity index (χ4n) is 3.68. The van der Waals surface area contributed by atoms with Gasteiger partial charge in [0.2, 0.25) is 0 Å². The minimum Gasteiger partial charge on any atom is -0.488 e. The Morgan fingerprint density at radius 1 is 1.09 bits per heavy atom. The predicted octanol–water partition coefficient (Wildman–Crippen LogP) is 6.23. The topological polar surface area (TPSA) is 68.7 Å². The van der Waals surface area contributed by atoms with Crippen LogP contribution in [0.1, 0.15) is 31.2 Å². The van der Waals surface area contributed by atoms with Crippen molar-refractivity contribution in [2.24, 2.45) is 0 Å². The third-order valence-corrected chi connectivity index (χ3v) is 5.85. The fourth-order valence-corrected chi connectivity index (χ4v) is 4.00. The Hall–Kier alpha value is -3.16. The summed E-state index contributed by atoms with van der Waals surface area (Å²) < 4.78 is 26.0. The van der Waals surface area contributed by atoms with Gasteiger partial charge in [-0.05, 0) is 43.4 Å². The third-order valence-electron chi connectivity index (χ3n) is 5.33. The number of aromatic nitrogens is 1. The molecule has 0 spiro atoms. The first-order valence-electron chi connectivity index (χ1n) is 11.0. The number of esters is 1. The molecule has 9 heteroatoms. The van der Waals surface area contributed by atoms with Gasteiger partial charge in [-0.3, -0.25) is 4.79 Å². The van der Waals surface area contributed by atoms with Crippen LogP contribution in [0.3, 0.4) is 0 Å². The van der Waals surface area contributed by atoms with Gasteiger partial charge in [0.15, 0.2) is 0 Å². The summed E-state index contributed by atoms with van der Waals surface area (Å²) in [5.41, 5.74) is 1.14. The number of pyridine rings is 1. The molecule has 1 aromatic carbocycles. The van der Waals surface area contributed by atoms with Crippen LogP contribution in [-0.4, -0.2) is 30.1 Å². The van der Waals surface area contributed by atoms with Crippen LogP contribution in [0.4, 0.5) is 10.1 Å². The van der Waals surface area contributed by atoms with E-state index in [1.807, 2.05) is 0 Å². The van der Waals surface area contributed by atoms with Gasteiger partial charge in [-0.2, -0.15) is 0 Å². The highest BCUT2D eigenvalue weighted by molar-refractivity contribution is 6.32. The van der Waals surface area contributed by atoms with E-state index in [0.717, 1.165) is 12.5 Å². The van der Waals surface area contributed by atoms with Crippen LogP contribution in [-0.2, 0) is 20.9 Å². The summed E-state index contributed by atoms with van der Waals surface area (Å²) in [7, 11) is 0. The third kappa shape index (κ3) is 6.71. The van der Waals surface area contributed by atoms with Crippen LogP contribution in [0, 0.1) is 5.82 Å². The van der Waals surface area contributed by atoms with Crippen molar-refractivity contribution in [3.63, 3.8) is 0 Å². The standard InChI is InChI=1S/C26H25Cl2FN2O4/c1-3-11-34-23-14-22(21(29)13-20(23)27)31(16-17-9-10-24(28)30-15-17)25(32)18-7-5-6-8-19(18)26(33)35-12-4-2/h3-4,9-10,13-15H,1-2,5-8,11-12,16H2. The fraction of sp³-hybridized carbons (Fsp3) is 0.269. The predicted molar refractivity (Wildman–Crippen MR) is 134 cm³/mol. The molecule has 0 saturated heterocycles. The largest absolute Gasteiger partial charge is 0.488 e. The van der Waals surface area contributed by atoms with E-state index in [1.165, 1.54) is 29.3 Å². The van der Waals surface area contributed by atoms with Crippen molar-refractivity contribution >= 4 is 40.8 Å². The summed E-state index contributed by atoms with van der Waals surface area (Å²) in [4.78, 5) is 31.8. The molecule has 0 unspecified atom stereocenters. The number of halogens is 3. The molecule has 1 heterocycles. The normalized spacial score (nSPS) is 13.2. The number of hydrogen-bond donors (Lipinski definition) is 0. The van der Waals surface area contributed by atoms with Crippen molar-refractivity contribution in [1.29, 1.82) is 0 Å². The molecule has 1 aliphatic rings. The zero-order valence-electron chi connectivity index (χ0n) is 19.1. The molecule has 0 aliphatic heterocycles. The van der Waals surface area contributed by atoms with Crippen LogP contribution in [0.5, 0.6) is 5.75 Å². The number of benzene rings is 1. The number of amides is 1. The van der Waals surface area contributed by atoms with E-state index < -0.39 is 17.7 Å². The summed E-state index contributed by atoms with van der Waals surface area (Å²) in [5.74, 6) is -1.62. The van der Waals surface area contributed by atoms with Crippen LogP contribution in [0.25, 0.3) is 0 Å². The van der Waals surface area contributed by atoms with Gasteiger partial charge in [0.1, 0.15) is 29.9 Å². The van der Waals surface area contributed by atoms with Crippen LogP contribution in [0.15, 0.2) is 66.9 Å². The summed E-state index contributed by atoms with van der Waals surface area (Å²) in [6.07, 6.45) is 6.69. The molecule has 35 heavy (non-hydrogen) atoms. The Labute approximate surface area is 213 Å². The maximum atomic E-state index is 15.2. The van der Waals surface area contributed by atoms with Crippen molar-refractivity contribution in [3.8, 4) is 5.75 Å². The number of rotatable bonds is 10. The first kappa shape index (κ1) is 26.4. The first-order chi connectivity index (χ1) is 16.8. The lowest BCUT2D eigenvalue weighted by atomic mass is 9.90. The average molecular weight is 519 g/mol. The van der Waals surface area contributed by atoms with Crippen molar-refractivity contribution in [3.05, 3.63) is 88.5 Å². The number of carbonyl (C=O) groups is 2. The molecule has 3 rings (SSSR count). The highest BCUT2D eigenvalue weighted by atomic mass is 35.5. The molecule has 0 atom stereocenters. The van der Waals surface area contributed by atoms with Gasteiger partial charge in [0.05, 0.1) is 17.3 Å². The molecule has 1 aromatic heterocycles. The van der Waals surface area contributed by atoms with Crippen molar-refractivity contribution in [1.82, 2.24) is 4.98 Å². The van der Waals surface area contributed by atoms with E-state index in [0.29, 0.717) is 30.4 Å². The molecule has 2 aromatic rings. The zero-order valence-corrected chi connectivity index (χ0v) is 20.6. The van der Waals surface area contributed by atoms with Gasteiger partial charge < -0.3 is 14.4 Å². The van der Waals surface area contributed by atoms with Gasteiger partial charge in [0.25, 0.3) is 5.91 Å². The lowest BCUT2D eigenvalue weighted by Crippen LogP contribution is -2.34. The van der Waals surface area contributed by atoms with Crippen LogP contribution >= 0.6 is 23.2 Å². The minimum absolute atomic E-state index is 0.0268. The summed E-state index contributed by atoms with van der Waals surface area (Å²) >= 11 is 12.1. The van der Waals surface area contributed by atoms with Gasteiger partial charge in [0, 0.05) is 23.4 Å². The van der Waals surface area contributed by atoms with Crippen LogP contribution < -0.4 is 9.64 Å². The molecule has 1 amide bonds. The molecular formula is C26H25Cl2FN2O4. The van der Waals surface area contributed by atoms with E-state index >= 15 is 4.39 Å². The maximum Gasteiger partial charge on any atom is 0.334 e. The van der Waals surface area contributed by atoms with Crippen molar-refractivity contribution < 1.29 is 23.5 Å². The zero-order chi connectivity index (χ0) is 25.4. The Morgan fingerprint density at radius 2 is 1.80 bits per heavy atom. The van der Waals surface area contributed by atoms with Crippen molar-refractivity contribution in [2.45, 2.75) is 32.2 Å². The first-order valence-corrected chi connectivity index (χ1v) is 11.8. The van der Waals surface area contributed by atoms with Gasteiger partial charge in [-0.25, -0.2) is 14.2 Å². The highest BCUT2D eigenvalue weighted by Crippen LogP contribution is 2.36. The molecule has 0 fully saturated rings. The second kappa shape index (κ2) is 12.5. The van der Waals surface area contributed by atoms with E-state index in [1.54, 1.807) is 12.1 Å². The van der Waals surface area contributed by atoms with E-state index in [9.17, 15) is 9.59 Å². The number of hydrogen-bond acceptors (Lipinski definition) is 5. The highest BCUT2D eigenvalue weighted by Gasteiger charge is 2.30. The number of anilines is 1. The van der Waals surface area contributed by atoms with E-state index in [2.05, 4.69) is 18.1 Å². The van der Waals surface area contributed by atoms with E-state index in [4.69, 9.17) is 32.7 Å². The van der Waals surface area contributed by atoms with Crippen molar-refractivity contribution in [2.75, 3.05) is 18.1 Å². The van der Waals surface area contributed by atoms with Gasteiger partial charge >= 0.3 is 5.97 Å². The molecule has 6 nitrogen and oxygen atoms in total. The molecular weight excluding hydrogens is 494 g/mol. The Morgan fingerprint density at radius 3 is 2.46 bits per heavy atom. The second-order valence-electron chi connectivity index (χ2n) is 7.77. The Bertz CT molecular complexity index is 1150. The number of carbonyl (C=O) groups excluding carboxylic acids is 2. The quantitative estimate of drug-likeness (QED) is 0.212. The summed E-state index contributed by atoms with van der Waals surface area (Å²) in [6, 6.07) is 5.72. The molecule has 184 valence electrons. The van der Waals surface area contributed by atoms with Gasteiger partial charge in [-0.15, -0.1) is 0 Å². The maximum absolute atomic E-state index is 15.2. The monoisotopic (exact) mass is 518 g/mol. The molecule has 0 radical (unpaired) electrons. The minimum atomic E-state index is -0.719. The molecule has 1 aliphatic carbocycles. The van der Waals surface area contributed by atoms with E-state index in [-0.39, 0.29) is 46.9 Å². The summed E-state index contributed by atoms with van der Waals surface area (Å²) in [6.45, 7) is 7.29. The summed E-state index contributed by atoms with van der Waals surface area (Å²) in [5, 5.41) is 0.339. The molecule has 0 saturated carbocycles. The SMILES string of the molecule is C=CCOC(=O)C1=C(C(=O)N(Cc2ccc(Cl)nc2)c2cc(OCC=C)c(Cl)cc2F)CCCC1. The molecule has 0 bridgehead atoms.